The van der Waals surface area contributed by atoms with E-state index in [9.17, 15) is 5.26 Å². The van der Waals surface area contributed by atoms with E-state index < -0.39 is 0 Å². The fourth-order valence-corrected chi connectivity index (χ4v) is 2.57. The van der Waals surface area contributed by atoms with Crippen molar-refractivity contribution in [1.29, 1.82) is 5.26 Å². The van der Waals surface area contributed by atoms with Gasteiger partial charge in [-0.3, -0.25) is 0 Å². The molecule has 2 aromatic rings. The predicted octanol–water partition coefficient (Wildman–Crippen LogP) is 4.28. The van der Waals surface area contributed by atoms with Crippen molar-refractivity contribution in [3.05, 3.63) is 47.5 Å². The molecular weight excluding hydrogens is 318 g/mol. The van der Waals surface area contributed by atoms with Gasteiger partial charge in [-0.2, -0.15) is 5.26 Å². The Morgan fingerprint density at radius 1 is 1.08 bits per heavy atom. The molecule has 0 bridgehead atoms. The molecule has 0 radical (unpaired) electrons. The van der Waals surface area contributed by atoms with Gasteiger partial charge in [-0.05, 0) is 55.8 Å². The number of benzene rings is 2. The quantitative estimate of drug-likeness (QED) is 0.582. The lowest BCUT2D eigenvalue weighted by atomic mass is 10.0. The summed E-state index contributed by atoms with van der Waals surface area (Å²) in [6.07, 6.45) is 1.80. The van der Waals surface area contributed by atoms with E-state index in [1.165, 1.54) is 0 Å². The number of hydrogen-bond acceptors (Lipinski definition) is 5. The first kappa shape index (κ1) is 16.7. The molecule has 5 nitrogen and oxygen atoms in total. The molecule has 0 spiro atoms. The number of rotatable bonds is 6. The third kappa shape index (κ3) is 3.69. The molecule has 0 saturated carbocycles. The molecule has 5 heteroatoms. The van der Waals surface area contributed by atoms with Crippen LogP contribution in [0.25, 0.3) is 11.6 Å². The van der Waals surface area contributed by atoms with Crippen molar-refractivity contribution in [2.75, 3.05) is 20.0 Å². The molecule has 1 heterocycles. The van der Waals surface area contributed by atoms with Crippen molar-refractivity contribution in [2.45, 2.75) is 13.8 Å². The summed E-state index contributed by atoms with van der Waals surface area (Å²) >= 11 is 0. The summed E-state index contributed by atoms with van der Waals surface area (Å²) in [5, 5.41) is 9.59. The Hall–Kier alpha value is -3.13. The molecule has 3 rings (SSSR count). The van der Waals surface area contributed by atoms with Gasteiger partial charge >= 0.3 is 0 Å². The number of hydrogen-bond donors (Lipinski definition) is 0. The Balaban J connectivity index is 1.98. The third-order valence-electron chi connectivity index (χ3n) is 3.70. The van der Waals surface area contributed by atoms with E-state index in [0.717, 1.165) is 16.9 Å². The van der Waals surface area contributed by atoms with Crippen LogP contribution in [0.1, 0.15) is 25.0 Å². The van der Waals surface area contributed by atoms with E-state index >= 15 is 0 Å². The first-order valence-corrected chi connectivity index (χ1v) is 8.16. The van der Waals surface area contributed by atoms with Crippen LogP contribution in [0.3, 0.4) is 0 Å². The van der Waals surface area contributed by atoms with Gasteiger partial charge in [0.1, 0.15) is 11.5 Å². The molecule has 0 aliphatic carbocycles. The molecule has 0 fully saturated rings. The highest BCUT2D eigenvalue weighted by Crippen LogP contribution is 2.35. The normalized spacial score (nSPS) is 12.6. The molecule has 0 N–H and O–H groups in total. The van der Waals surface area contributed by atoms with Gasteiger partial charge in [0.2, 0.25) is 6.79 Å². The zero-order valence-corrected chi connectivity index (χ0v) is 14.2. The van der Waals surface area contributed by atoms with Gasteiger partial charge in [0, 0.05) is 11.6 Å². The lowest BCUT2D eigenvalue weighted by molar-refractivity contribution is 0.174. The molecule has 2 aromatic carbocycles. The van der Waals surface area contributed by atoms with Crippen molar-refractivity contribution in [3.63, 3.8) is 0 Å². The Kier molecular flexibility index (Phi) is 5.10. The fraction of sp³-hybridized carbons (Fsp3) is 0.250. The highest BCUT2D eigenvalue weighted by atomic mass is 16.7. The molecule has 1 aliphatic rings. The Labute approximate surface area is 147 Å². The molecule has 0 unspecified atom stereocenters. The molecular formula is C20H19NO4. The van der Waals surface area contributed by atoms with Crippen molar-refractivity contribution in [1.82, 2.24) is 0 Å². The van der Waals surface area contributed by atoms with Crippen molar-refractivity contribution >= 4 is 11.6 Å². The zero-order chi connectivity index (χ0) is 17.6. The van der Waals surface area contributed by atoms with E-state index in [-0.39, 0.29) is 6.79 Å². The average molecular weight is 337 g/mol. The maximum absolute atomic E-state index is 9.59. The zero-order valence-electron chi connectivity index (χ0n) is 14.2. The first-order valence-electron chi connectivity index (χ1n) is 8.16. The summed E-state index contributed by atoms with van der Waals surface area (Å²) in [5.74, 6) is 2.76. The second-order valence-corrected chi connectivity index (χ2v) is 5.30. The molecule has 128 valence electrons. The lowest BCUT2D eigenvalue weighted by Crippen LogP contribution is -1.97. The minimum absolute atomic E-state index is 0.206. The van der Waals surface area contributed by atoms with Gasteiger partial charge in [-0.15, -0.1) is 0 Å². The van der Waals surface area contributed by atoms with Crippen LogP contribution in [0.2, 0.25) is 0 Å². The van der Waals surface area contributed by atoms with Gasteiger partial charge in [-0.1, -0.05) is 0 Å². The Morgan fingerprint density at radius 3 is 2.64 bits per heavy atom. The van der Waals surface area contributed by atoms with Crippen LogP contribution in [0.15, 0.2) is 36.4 Å². The van der Waals surface area contributed by atoms with Gasteiger partial charge in [0.15, 0.2) is 11.5 Å². The number of nitriles is 1. The van der Waals surface area contributed by atoms with Crippen molar-refractivity contribution < 1.29 is 18.9 Å². The third-order valence-corrected chi connectivity index (χ3v) is 3.70. The number of nitrogens with zero attached hydrogens (tertiary/aromatic N) is 1. The molecule has 0 saturated heterocycles. The second-order valence-electron chi connectivity index (χ2n) is 5.30. The average Bonchev–Trinajstić information content (AvgIpc) is 3.09. The van der Waals surface area contributed by atoms with E-state index in [4.69, 9.17) is 18.9 Å². The molecule has 0 atom stereocenters. The minimum Gasteiger partial charge on any atom is -0.494 e. The summed E-state index contributed by atoms with van der Waals surface area (Å²) in [6.45, 7) is 5.17. The summed E-state index contributed by atoms with van der Waals surface area (Å²) < 4.78 is 21.9. The molecule has 0 aromatic heterocycles. The van der Waals surface area contributed by atoms with Crippen molar-refractivity contribution in [2.24, 2.45) is 0 Å². The van der Waals surface area contributed by atoms with Crippen molar-refractivity contribution in [3.8, 4) is 29.1 Å². The predicted molar refractivity (Wildman–Crippen MR) is 94.8 cm³/mol. The lowest BCUT2D eigenvalue weighted by Gasteiger charge is -2.11. The smallest absolute Gasteiger partial charge is 0.231 e. The number of allylic oxidation sites excluding steroid dienone is 1. The van der Waals surface area contributed by atoms with Crippen LogP contribution >= 0.6 is 0 Å². The maximum atomic E-state index is 9.59. The summed E-state index contributed by atoms with van der Waals surface area (Å²) in [6, 6.07) is 13.3. The fourth-order valence-electron chi connectivity index (χ4n) is 2.57. The van der Waals surface area contributed by atoms with E-state index in [2.05, 4.69) is 6.07 Å². The van der Waals surface area contributed by atoms with Gasteiger partial charge < -0.3 is 18.9 Å². The monoisotopic (exact) mass is 337 g/mol. The van der Waals surface area contributed by atoms with E-state index in [1.54, 1.807) is 6.08 Å². The minimum atomic E-state index is 0.206. The molecule has 25 heavy (non-hydrogen) atoms. The van der Waals surface area contributed by atoms with Crippen LogP contribution in [-0.4, -0.2) is 20.0 Å². The maximum Gasteiger partial charge on any atom is 0.231 e. The topological polar surface area (TPSA) is 60.7 Å². The van der Waals surface area contributed by atoms with Gasteiger partial charge in [0.25, 0.3) is 0 Å². The van der Waals surface area contributed by atoms with Crippen LogP contribution in [0.4, 0.5) is 0 Å². The van der Waals surface area contributed by atoms with Crippen LogP contribution in [-0.2, 0) is 0 Å². The standard InChI is InChI=1S/C20H19NO4/c1-3-22-17-7-5-15(19(11-17)23-4-2)9-16(12-21)14-6-8-18-20(10-14)25-13-24-18/h5-11H,3-4,13H2,1-2H3/b16-9-. The van der Waals surface area contributed by atoms with Crippen LogP contribution < -0.4 is 18.9 Å². The van der Waals surface area contributed by atoms with E-state index in [1.807, 2.05) is 50.2 Å². The number of ether oxygens (including phenoxy) is 4. The summed E-state index contributed by atoms with van der Waals surface area (Å²) in [7, 11) is 0. The SMILES string of the molecule is CCOc1ccc(/C=C(/C#N)c2ccc3c(c2)OCO3)c(OCC)c1. The van der Waals surface area contributed by atoms with Crippen LogP contribution in [0.5, 0.6) is 23.0 Å². The highest BCUT2D eigenvalue weighted by molar-refractivity contribution is 5.91. The molecule has 0 amide bonds. The highest BCUT2D eigenvalue weighted by Gasteiger charge is 2.15. The first-order chi connectivity index (χ1) is 12.2. The Bertz CT molecular complexity index is 836. The molecule has 1 aliphatic heterocycles. The largest absolute Gasteiger partial charge is 0.494 e. The second kappa shape index (κ2) is 7.63. The van der Waals surface area contributed by atoms with Gasteiger partial charge in [-0.25, -0.2) is 0 Å². The number of fused-ring (bicyclic) bond motifs is 1. The summed E-state index contributed by atoms with van der Waals surface area (Å²) in [4.78, 5) is 0. The van der Waals surface area contributed by atoms with Gasteiger partial charge in [0.05, 0.1) is 24.9 Å². The van der Waals surface area contributed by atoms with Crippen LogP contribution in [0, 0.1) is 11.3 Å². The van der Waals surface area contributed by atoms with E-state index in [0.29, 0.717) is 36.0 Å². The Morgan fingerprint density at radius 2 is 1.88 bits per heavy atom. The summed E-state index contributed by atoms with van der Waals surface area (Å²) in [5.41, 5.74) is 2.10.